The monoisotopic (exact) mass is 516 g/mol. The molecule has 16 heteroatoms. The molecule has 0 heterocycles. The van der Waals surface area contributed by atoms with E-state index in [0.29, 0.717) is 12.0 Å². The molecule has 32 heavy (non-hydrogen) atoms. The van der Waals surface area contributed by atoms with Crippen LogP contribution in [0.1, 0.15) is 18.9 Å². The standard InChI is InChI=1S/C16H13F13O2S/c1-2-9-3-5-10(6-4-9)32(30,31)8-7-11(17,18)12(19,20)13(21,22)14(23,24)15(25,26)16(27,28)29/h3-6H,2,7-8H2,1H3. The van der Waals surface area contributed by atoms with Gasteiger partial charge in [0.15, 0.2) is 9.84 Å². The number of aryl methyl sites for hydroxylation is 1. The molecule has 0 saturated carbocycles. The first-order chi connectivity index (χ1) is 14.0. The molecule has 0 saturated heterocycles. The highest BCUT2D eigenvalue weighted by Gasteiger charge is 2.90. The van der Waals surface area contributed by atoms with Crippen LogP contribution in [0.4, 0.5) is 57.1 Å². The van der Waals surface area contributed by atoms with Crippen molar-refractivity contribution in [1.29, 1.82) is 0 Å². The summed E-state index contributed by atoms with van der Waals surface area (Å²) in [5.74, 6) is -39.7. The van der Waals surface area contributed by atoms with Crippen LogP contribution >= 0.6 is 0 Å². The SMILES string of the molecule is CCc1ccc(S(=O)(=O)CCC(F)(F)C(F)(F)C(F)(F)C(F)(F)C(F)(F)C(F)(F)F)cc1. The van der Waals surface area contributed by atoms with Gasteiger partial charge in [0.1, 0.15) is 0 Å². The zero-order valence-electron chi connectivity index (χ0n) is 15.6. The Hall–Kier alpha value is -1.74. The van der Waals surface area contributed by atoms with Gasteiger partial charge in [0.25, 0.3) is 0 Å². The molecular formula is C16H13F13O2S. The van der Waals surface area contributed by atoms with Gasteiger partial charge in [0.2, 0.25) is 0 Å². The van der Waals surface area contributed by atoms with E-state index in [1.807, 2.05) is 0 Å². The summed E-state index contributed by atoms with van der Waals surface area (Å²) >= 11 is 0. The van der Waals surface area contributed by atoms with Crippen LogP contribution in [0.5, 0.6) is 0 Å². The summed E-state index contributed by atoms with van der Waals surface area (Å²) in [5.41, 5.74) is 0.549. The molecular weight excluding hydrogens is 503 g/mol. The third-order valence-corrected chi connectivity index (χ3v) is 6.11. The molecule has 0 spiro atoms. The predicted molar refractivity (Wildman–Crippen MR) is 83.3 cm³/mol. The Morgan fingerprint density at radius 3 is 1.44 bits per heavy atom. The number of alkyl halides is 13. The molecule has 0 aliphatic heterocycles. The maximum Gasteiger partial charge on any atom is 0.460 e. The summed E-state index contributed by atoms with van der Waals surface area (Å²) in [7, 11) is -4.89. The maximum absolute atomic E-state index is 13.7. The number of benzene rings is 1. The topological polar surface area (TPSA) is 34.1 Å². The van der Waals surface area contributed by atoms with Crippen molar-refractivity contribution in [2.24, 2.45) is 0 Å². The van der Waals surface area contributed by atoms with Crippen LogP contribution in [0.25, 0.3) is 0 Å². The van der Waals surface area contributed by atoms with E-state index >= 15 is 0 Å². The lowest BCUT2D eigenvalue weighted by atomic mass is 9.93. The largest absolute Gasteiger partial charge is 0.460 e. The van der Waals surface area contributed by atoms with E-state index in [4.69, 9.17) is 0 Å². The summed E-state index contributed by atoms with van der Waals surface area (Å²) in [6, 6.07) is 4.06. The van der Waals surface area contributed by atoms with Crippen molar-refractivity contribution in [3.63, 3.8) is 0 Å². The van der Waals surface area contributed by atoms with Gasteiger partial charge in [-0.1, -0.05) is 19.1 Å². The number of halogens is 13. The average Bonchev–Trinajstić information content (AvgIpc) is 2.65. The van der Waals surface area contributed by atoms with Crippen LogP contribution in [0.2, 0.25) is 0 Å². The van der Waals surface area contributed by atoms with Crippen molar-refractivity contribution in [1.82, 2.24) is 0 Å². The Morgan fingerprint density at radius 2 is 1.06 bits per heavy atom. The highest BCUT2D eigenvalue weighted by Crippen LogP contribution is 2.60. The smallest absolute Gasteiger partial charge is 0.224 e. The lowest BCUT2D eigenvalue weighted by Gasteiger charge is -2.39. The lowest BCUT2D eigenvalue weighted by molar-refractivity contribution is -0.439. The molecule has 186 valence electrons. The summed E-state index contributed by atoms with van der Waals surface area (Å²) in [5, 5.41) is 0. The van der Waals surface area contributed by atoms with Crippen molar-refractivity contribution >= 4 is 9.84 Å². The van der Waals surface area contributed by atoms with E-state index in [2.05, 4.69) is 0 Å². The molecule has 1 rings (SSSR count). The first kappa shape index (κ1) is 28.3. The van der Waals surface area contributed by atoms with E-state index in [-0.39, 0.29) is 0 Å². The molecule has 0 N–H and O–H groups in total. The molecule has 0 aliphatic carbocycles. The van der Waals surface area contributed by atoms with Crippen molar-refractivity contribution in [3.8, 4) is 0 Å². The molecule has 0 unspecified atom stereocenters. The number of sulfone groups is 1. The number of rotatable bonds is 9. The highest BCUT2D eigenvalue weighted by molar-refractivity contribution is 7.91. The van der Waals surface area contributed by atoms with E-state index in [1.54, 1.807) is 6.92 Å². The maximum atomic E-state index is 13.7. The van der Waals surface area contributed by atoms with Gasteiger partial charge in [-0.3, -0.25) is 0 Å². The Balaban J connectivity index is 3.27. The van der Waals surface area contributed by atoms with Crippen molar-refractivity contribution in [3.05, 3.63) is 29.8 Å². The van der Waals surface area contributed by atoms with Crippen LogP contribution in [0.3, 0.4) is 0 Å². The van der Waals surface area contributed by atoms with Gasteiger partial charge in [0, 0.05) is 6.42 Å². The molecule has 0 fully saturated rings. The fraction of sp³-hybridized carbons (Fsp3) is 0.625. The second kappa shape index (κ2) is 8.24. The quantitative estimate of drug-likeness (QED) is 0.369. The van der Waals surface area contributed by atoms with E-state index in [1.165, 1.54) is 12.1 Å². The minimum atomic E-state index is -8.01. The van der Waals surface area contributed by atoms with Crippen molar-refractivity contribution in [2.75, 3.05) is 5.75 Å². The minimum Gasteiger partial charge on any atom is -0.224 e. The molecule has 0 aliphatic rings. The third kappa shape index (κ3) is 4.51. The highest BCUT2D eigenvalue weighted by atomic mass is 32.2. The zero-order valence-corrected chi connectivity index (χ0v) is 16.4. The van der Waals surface area contributed by atoms with E-state index < -0.39 is 62.7 Å². The molecule has 1 aromatic rings. The fourth-order valence-corrected chi connectivity index (χ4v) is 3.58. The second-order valence-corrected chi connectivity index (χ2v) is 8.68. The Bertz CT molecular complexity index is 903. The molecule has 0 amide bonds. The van der Waals surface area contributed by atoms with Crippen LogP contribution in [-0.2, 0) is 16.3 Å². The van der Waals surface area contributed by atoms with Crippen LogP contribution in [0.15, 0.2) is 29.2 Å². The number of hydrogen-bond donors (Lipinski definition) is 0. The molecule has 0 bridgehead atoms. The van der Waals surface area contributed by atoms with E-state index in [9.17, 15) is 65.5 Å². The molecule has 0 atom stereocenters. The van der Waals surface area contributed by atoms with Crippen molar-refractivity contribution in [2.45, 2.75) is 60.4 Å². The molecule has 2 nitrogen and oxygen atoms in total. The normalized spacial score (nSPS) is 15.2. The summed E-state index contributed by atoms with van der Waals surface area (Å²) in [6.07, 6.45) is -9.89. The van der Waals surface area contributed by atoms with Gasteiger partial charge < -0.3 is 0 Å². The van der Waals surface area contributed by atoms with E-state index in [0.717, 1.165) is 12.1 Å². The average molecular weight is 516 g/mol. The molecule has 0 aromatic heterocycles. The lowest BCUT2D eigenvalue weighted by Crippen LogP contribution is -2.70. The number of hydrogen-bond acceptors (Lipinski definition) is 2. The summed E-state index contributed by atoms with van der Waals surface area (Å²) in [6.45, 7) is 1.64. The van der Waals surface area contributed by atoms with Crippen LogP contribution < -0.4 is 0 Å². The van der Waals surface area contributed by atoms with Gasteiger partial charge in [-0.2, -0.15) is 57.1 Å². The summed E-state index contributed by atoms with van der Waals surface area (Å²) < 4.78 is 193. The molecule has 0 radical (unpaired) electrons. The predicted octanol–water partition coefficient (Wildman–Crippen LogP) is 6.15. The zero-order chi connectivity index (χ0) is 25.6. The van der Waals surface area contributed by atoms with Crippen molar-refractivity contribution < 1.29 is 65.5 Å². The minimum absolute atomic E-state index is 0.399. The Labute approximate surface area is 172 Å². The second-order valence-electron chi connectivity index (χ2n) is 6.57. The van der Waals surface area contributed by atoms with Gasteiger partial charge in [-0.05, 0) is 24.1 Å². The van der Waals surface area contributed by atoms with Crippen LogP contribution in [0, 0.1) is 0 Å². The Morgan fingerprint density at radius 1 is 0.656 bits per heavy atom. The van der Waals surface area contributed by atoms with Crippen LogP contribution in [-0.4, -0.2) is 50.0 Å². The van der Waals surface area contributed by atoms with Gasteiger partial charge >= 0.3 is 35.8 Å². The Kier molecular flexibility index (Phi) is 7.28. The first-order valence-corrected chi connectivity index (χ1v) is 9.92. The summed E-state index contributed by atoms with van der Waals surface area (Å²) in [4.78, 5) is -0.741. The molecule has 1 aromatic carbocycles. The fourth-order valence-electron chi connectivity index (χ4n) is 2.27. The van der Waals surface area contributed by atoms with Gasteiger partial charge in [-0.15, -0.1) is 0 Å². The third-order valence-electron chi connectivity index (χ3n) is 4.37. The van der Waals surface area contributed by atoms with Gasteiger partial charge in [0.05, 0.1) is 10.6 Å². The first-order valence-electron chi connectivity index (χ1n) is 8.27. The van der Waals surface area contributed by atoms with Gasteiger partial charge in [-0.25, -0.2) is 8.42 Å².